The van der Waals surface area contributed by atoms with Gasteiger partial charge >= 0.3 is 0 Å². The highest BCUT2D eigenvalue weighted by Gasteiger charge is 2.41. The van der Waals surface area contributed by atoms with E-state index < -0.39 is 0 Å². The SMILES string of the molecule is COc1ccc(CCN2C(=O)CC3CCCCC3C2=O)cc1OC. The topological polar surface area (TPSA) is 55.8 Å². The second-order valence-corrected chi connectivity index (χ2v) is 6.68. The minimum Gasteiger partial charge on any atom is -0.493 e. The molecule has 1 heterocycles. The van der Waals surface area contributed by atoms with Crippen LogP contribution in [-0.2, 0) is 16.0 Å². The number of benzene rings is 1. The Hall–Kier alpha value is -2.04. The third-order valence-corrected chi connectivity index (χ3v) is 5.30. The van der Waals surface area contributed by atoms with Crippen LogP contribution in [0.3, 0.4) is 0 Å². The van der Waals surface area contributed by atoms with Gasteiger partial charge in [0.25, 0.3) is 0 Å². The number of rotatable bonds is 5. The van der Waals surface area contributed by atoms with Gasteiger partial charge in [0.1, 0.15) is 0 Å². The van der Waals surface area contributed by atoms with Crippen LogP contribution in [0, 0.1) is 11.8 Å². The van der Waals surface area contributed by atoms with Crippen LogP contribution in [0.2, 0.25) is 0 Å². The maximum atomic E-state index is 12.7. The number of carbonyl (C=O) groups is 2. The Morgan fingerprint density at radius 1 is 1.08 bits per heavy atom. The lowest BCUT2D eigenvalue weighted by Crippen LogP contribution is -2.50. The minimum atomic E-state index is -0.0105. The quantitative estimate of drug-likeness (QED) is 0.779. The fourth-order valence-corrected chi connectivity index (χ4v) is 3.95. The largest absolute Gasteiger partial charge is 0.493 e. The van der Waals surface area contributed by atoms with Crippen LogP contribution in [0.25, 0.3) is 0 Å². The summed E-state index contributed by atoms with van der Waals surface area (Å²) in [6.07, 6.45) is 5.37. The second-order valence-electron chi connectivity index (χ2n) is 6.68. The summed E-state index contributed by atoms with van der Waals surface area (Å²) < 4.78 is 10.5. The molecule has 1 aliphatic heterocycles. The van der Waals surface area contributed by atoms with Gasteiger partial charge in [-0.25, -0.2) is 0 Å². The molecule has 1 aromatic rings. The highest BCUT2D eigenvalue weighted by atomic mass is 16.5. The first-order valence-corrected chi connectivity index (χ1v) is 8.69. The molecule has 2 amide bonds. The van der Waals surface area contributed by atoms with E-state index in [2.05, 4.69) is 0 Å². The number of imide groups is 1. The summed E-state index contributed by atoms with van der Waals surface area (Å²) in [5.41, 5.74) is 1.03. The molecule has 5 nitrogen and oxygen atoms in total. The number of hydrogen-bond acceptors (Lipinski definition) is 4. The Morgan fingerprint density at radius 3 is 2.58 bits per heavy atom. The average Bonchev–Trinajstić information content (AvgIpc) is 2.61. The average molecular weight is 331 g/mol. The van der Waals surface area contributed by atoms with Crippen LogP contribution in [0.15, 0.2) is 18.2 Å². The standard InChI is InChI=1S/C19H25NO4/c1-23-16-8-7-13(11-17(16)24-2)9-10-20-18(21)12-14-5-3-4-6-15(14)19(20)22/h7-8,11,14-15H,3-6,9-10,12H2,1-2H3. The van der Waals surface area contributed by atoms with Gasteiger partial charge in [-0.15, -0.1) is 0 Å². The van der Waals surface area contributed by atoms with E-state index in [0.29, 0.717) is 30.9 Å². The molecule has 3 rings (SSSR count). The molecular formula is C19H25NO4. The molecule has 2 atom stereocenters. The van der Waals surface area contributed by atoms with E-state index in [9.17, 15) is 9.59 Å². The van der Waals surface area contributed by atoms with E-state index in [1.54, 1.807) is 14.2 Å². The fraction of sp³-hybridized carbons (Fsp3) is 0.579. The second kappa shape index (κ2) is 7.24. The van der Waals surface area contributed by atoms with Crippen molar-refractivity contribution in [1.29, 1.82) is 0 Å². The van der Waals surface area contributed by atoms with Crippen LogP contribution < -0.4 is 9.47 Å². The van der Waals surface area contributed by atoms with E-state index in [1.807, 2.05) is 18.2 Å². The molecule has 1 aromatic carbocycles. The van der Waals surface area contributed by atoms with Crippen molar-refractivity contribution in [3.63, 3.8) is 0 Å². The summed E-state index contributed by atoms with van der Waals surface area (Å²) in [4.78, 5) is 26.5. The molecule has 0 N–H and O–H groups in total. The van der Waals surface area contributed by atoms with Crippen molar-refractivity contribution in [3.05, 3.63) is 23.8 Å². The van der Waals surface area contributed by atoms with E-state index in [-0.39, 0.29) is 23.7 Å². The first kappa shape index (κ1) is 16.8. The number of amides is 2. The Bertz CT molecular complexity index is 628. The van der Waals surface area contributed by atoms with Crippen LogP contribution in [-0.4, -0.2) is 37.5 Å². The first-order valence-electron chi connectivity index (χ1n) is 8.69. The fourth-order valence-electron chi connectivity index (χ4n) is 3.95. The highest BCUT2D eigenvalue weighted by Crippen LogP contribution is 2.37. The molecule has 1 aliphatic carbocycles. The van der Waals surface area contributed by atoms with Crippen molar-refractivity contribution in [1.82, 2.24) is 4.90 Å². The van der Waals surface area contributed by atoms with Gasteiger partial charge in [0.15, 0.2) is 11.5 Å². The van der Waals surface area contributed by atoms with Crippen molar-refractivity contribution in [2.45, 2.75) is 38.5 Å². The van der Waals surface area contributed by atoms with E-state index in [0.717, 1.165) is 31.2 Å². The third-order valence-electron chi connectivity index (χ3n) is 5.30. The maximum Gasteiger partial charge on any atom is 0.232 e. The molecule has 0 aromatic heterocycles. The first-order chi connectivity index (χ1) is 11.6. The number of methoxy groups -OCH3 is 2. The molecule has 1 saturated carbocycles. The molecule has 24 heavy (non-hydrogen) atoms. The number of piperidine rings is 1. The lowest BCUT2D eigenvalue weighted by atomic mass is 9.74. The predicted molar refractivity (Wildman–Crippen MR) is 90.0 cm³/mol. The van der Waals surface area contributed by atoms with Crippen LogP contribution in [0.4, 0.5) is 0 Å². The van der Waals surface area contributed by atoms with Gasteiger partial charge in [0.2, 0.25) is 11.8 Å². The molecule has 0 bridgehead atoms. The van der Waals surface area contributed by atoms with Crippen molar-refractivity contribution in [2.24, 2.45) is 11.8 Å². The lowest BCUT2D eigenvalue weighted by molar-refractivity contribution is -0.156. The molecule has 0 radical (unpaired) electrons. The smallest absolute Gasteiger partial charge is 0.232 e. The maximum absolute atomic E-state index is 12.7. The molecular weight excluding hydrogens is 306 g/mol. The Kier molecular flexibility index (Phi) is 5.07. The Morgan fingerprint density at radius 2 is 1.83 bits per heavy atom. The molecule has 2 aliphatic rings. The van der Waals surface area contributed by atoms with Gasteiger partial charge in [-0.3, -0.25) is 14.5 Å². The van der Waals surface area contributed by atoms with Gasteiger partial charge < -0.3 is 9.47 Å². The molecule has 1 saturated heterocycles. The van der Waals surface area contributed by atoms with Crippen molar-refractivity contribution < 1.29 is 19.1 Å². The number of fused-ring (bicyclic) bond motifs is 1. The number of hydrogen-bond donors (Lipinski definition) is 0. The normalized spacial score (nSPS) is 23.8. The van der Waals surface area contributed by atoms with Crippen LogP contribution >= 0.6 is 0 Å². The van der Waals surface area contributed by atoms with Gasteiger partial charge in [-0.2, -0.15) is 0 Å². The van der Waals surface area contributed by atoms with Gasteiger partial charge in [-0.05, 0) is 42.9 Å². The Labute approximate surface area is 142 Å². The zero-order valence-electron chi connectivity index (χ0n) is 14.4. The predicted octanol–water partition coefficient (Wildman–Crippen LogP) is 2.81. The highest BCUT2D eigenvalue weighted by molar-refractivity contribution is 5.99. The van der Waals surface area contributed by atoms with E-state index in [4.69, 9.17) is 9.47 Å². The summed E-state index contributed by atoms with van der Waals surface area (Å²) >= 11 is 0. The zero-order chi connectivity index (χ0) is 17.1. The molecule has 2 fully saturated rings. The van der Waals surface area contributed by atoms with E-state index in [1.165, 1.54) is 4.90 Å². The lowest BCUT2D eigenvalue weighted by Gasteiger charge is -2.39. The monoisotopic (exact) mass is 331 g/mol. The molecule has 5 heteroatoms. The third kappa shape index (κ3) is 3.25. The minimum absolute atomic E-state index is 0.0105. The van der Waals surface area contributed by atoms with Gasteiger partial charge in [0, 0.05) is 18.9 Å². The summed E-state index contributed by atoms with van der Waals surface area (Å²) in [5, 5.41) is 0. The number of likely N-dealkylation sites (tertiary alicyclic amines) is 1. The molecule has 0 spiro atoms. The van der Waals surface area contributed by atoms with Crippen LogP contribution in [0.1, 0.15) is 37.7 Å². The summed E-state index contributed by atoms with van der Waals surface area (Å²) in [6, 6.07) is 5.70. The van der Waals surface area contributed by atoms with Gasteiger partial charge in [-0.1, -0.05) is 18.9 Å². The van der Waals surface area contributed by atoms with Crippen LogP contribution in [0.5, 0.6) is 11.5 Å². The van der Waals surface area contributed by atoms with Crippen molar-refractivity contribution in [2.75, 3.05) is 20.8 Å². The number of nitrogens with zero attached hydrogens (tertiary/aromatic N) is 1. The molecule has 2 unspecified atom stereocenters. The summed E-state index contributed by atoms with van der Waals surface area (Å²) in [6.45, 7) is 0.441. The number of ether oxygens (including phenoxy) is 2. The molecule has 130 valence electrons. The van der Waals surface area contributed by atoms with Crippen molar-refractivity contribution in [3.8, 4) is 11.5 Å². The number of carbonyl (C=O) groups excluding carboxylic acids is 2. The van der Waals surface area contributed by atoms with E-state index >= 15 is 0 Å². The Balaban J connectivity index is 1.67. The van der Waals surface area contributed by atoms with Crippen molar-refractivity contribution >= 4 is 11.8 Å². The summed E-state index contributed by atoms with van der Waals surface area (Å²) in [7, 11) is 3.20. The van der Waals surface area contributed by atoms with Gasteiger partial charge in [0.05, 0.1) is 14.2 Å². The zero-order valence-corrected chi connectivity index (χ0v) is 14.4. The summed E-state index contributed by atoms with van der Waals surface area (Å²) in [5.74, 6) is 1.70.